The minimum Gasteiger partial charge on any atom is -0.503 e. The number of aromatic hydroxyl groups is 1. The lowest BCUT2D eigenvalue weighted by Gasteiger charge is -2.25. The second-order valence-corrected chi connectivity index (χ2v) is 6.12. The maximum absolute atomic E-state index is 11.9. The zero-order chi connectivity index (χ0) is 16.7. The van der Waals surface area contributed by atoms with Crippen molar-refractivity contribution < 1.29 is 5.11 Å². The number of unbranched alkanes of at least 4 members (excludes halogenated alkanes) is 1. The van der Waals surface area contributed by atoms with Gasteiger partial charge in [-0.3, -0.25) is 9.69 Å². The first kappa shape index (κ1) is 18.7. The Balaban J connectivity index is 3.10. The van der Waals surface area contributed by atoms with Gasteiger partial charge in [-0.05, 0) is 40.5 Å². The number of hydrogen-bond acceptors (Lipinski definition) is 4. The molecule has 0 aromatic carbocycles. The van der Waals surface area contributed by atoms with Gasteiger partial charge in [0.25, 0.3) is 0 Å². The molecule has 0 fully saturated rings. The molecule has 0 saturated heterocycles. The van der Waals surface area contributed by atoms with E-state index in [9.17, 15) is 9.90 Å². The summed E-state index contributed by atoms with van der Waals surface area (Å²) in [5.41, 5.74) is 1.37. The van der Waals surface area contributed by atoms with Crippen LogP contribution in [0.2, 0.25) is 0 Å². The number of hydrogen-bond donors (Lipinski definition) is 1. The molecule has 1 aromatic rings. The molecule has 0 amide bonds. The molecule has 0 bridgehead atoms. The van der Waals surface area contributed by atoms with Crippen LogP contribution in [0.1, 0.15) is 38.1 Å². The first-order valence-corrected chi connectivity index (χ1v) is 8.20. The van der Waals surface area contributed by atoms with Crippen LogP contribution in [0, 0.1) is 6.92 Å². The number of likely N-dealkylation sites (N-methyl/N-ethyl adjacent to an activating group) is 1. The van der Waals surface area contributed by atoms with E-state index >= 15 is 0 Å². The highest BCUT2D eigenvalue weighted by atomic mass is 16.3. The maximum atomic E-state index is 11.9. The molecule has 0 saturated carbocycles. The highest BCUT2D eigenvalue weighted by molar-refractivity contribution is 5.29. The lowest BCUT2D eigenvalue weighted by molar-refractivity contribution is 0.258. The van der Waals surface area contributed by atoms with Crippen molar-refractivity contribution in [2.75, 3.05) is 33.7 Å². The lowest BCUT2D eigenvalue weighted by atomic mass is 10.2. The summed E-state index contributed by atoms with van der Waals surface area (Å²) in [6.07, 6.45) is 2.27. The summed E-state index contributed by atoms with van der Waals surface area (Å²) in [5.74, 6) is -0.0979. The van der Waals surface area contributed by atoms with Crippen LogP contribution in [-0.2, 0) is 13.1 Å². The number of aromatic nitrogens is 1. The van der Waals surface area contributed by atoms with E-state index in [0.717, 1.165) is 50.4 Å². The molecule has 0 spiro atoms. The Hall–Kier alpha value is -1.33. The molecule has 126 valence electrons. The first-order chi connectivity index (χ1) is 10.4. The molecule has 5 heteroatoms. The van der Waals surface area contributed by atoms with Crippen LogP contribution in [0.15, 0.2) is 10.9 Å². The van der Waals surface area contributed by atoms with Gasteiger partial charge in [0.05, 0.1) is 5.69 Å². The molecular weight excluding hydrogens is 278 g/mol. The Bertz CT molecular complexity index is 523. The summed E-state index contributed by atoms with van der Waals surface area (Å²) >= 11 is 0. The molecule has 5 nitrogen and oxygen atoms in total. The summed E-state index contributed by atoms with van der Waals surface area (Å²) in [7, 11) is 4.05. The molecule has 0 aliphatic carbocycles. The van der Waals surface area contributed by atoms with Crippen LogP contribution >= 0.6 is 0 Å². The van der Waals surface area contributed by atoms with Crippen LogP contribution in [0.25, 0.3) is 0 Å². The summed E-state index contributed by atoms with van der Waals surface area (Å²) < 4.78 is 2.07. The molecular formula is C17H31N3O2. The fourth-order valence-corrected chi connectivity index (χ4v) is 2.53. The molecule has 1 aromatic heterocycles. The highest BCUT2D eigenvalue weighted by Gasteiger charge is 2.16. The molecule has 1 N–H and O–H groups in total. The van der Waals surface area contributed by atoms with Gasteiger partial charge in [-0.1, -0.05) is 20.3 Å². The van der Waals surface area contributed by atoms with Crippen molar-refractivity contribution in [3.63, 3.8) is 0 Å². The third kappa shape index (κ3) is 5.14. The second kappa shape index (κ2) is 8.96. The number of pyridine rings is 1. The monoisotopic (exact) mass is 309 g/mol. The van der Waals surface area contributed by atoms with E-state index in [0.29, 0.717) is 6.54 Å². The van der Waals surface area contributed by atoms with Crippen molar-refractivity contribution in [2.45, 2.75) is 46.7 Å². The van der Waals surface area contributed by atoms with Crippen LogP contribution < -0.4 is 5.43 Å². The molecule has 22 heavy (non-hydrogen) atoms. The molecule has 0 radical (unpaired) electrons. The van der Waals surface area contributed by atoms with Gasteiger partial charge >= 0.3 is 0 Å². The third-order valence-corrected chi connectivity index (χ3v) is 4.02. The molecule has 0 aliphatic rings. The van der Waals surface area contributed by atoms with Gasteiger partial charge in [-0.25, -0.2) is 0 Å². The normalized spacial score (nSPS) is 11.6. The third-order valence-electron chi connectivity index (χ3n) is 4.02. The van der Waals surface area contributed by atoms with Crippen molar-refractivity contribution in [1.82, 2.24) is 14.4 Å². The Labute approximate surface area is 134 Å². The van der Waals surface area contributed by atoms with Gasteiger partial charge in [0.1, 0.15) is 0 Å². The summed E-state index contributed by atoms with van der Waals surface area (Å²) in [4.78, 5) is 16.3. The van der Waals surface area contributed by atoms with Crippen molar-refractivity contribution >= 4 is 0 Å². The quantitative estimate of drug-likeness (QED) is 0.758. The molecule has 0 atom stereocenters. The minimum absolute atomic E-state index is 0.0979. The summed E-state index contributed by atoms with van der Waals surface area (Å²) in [5, 5.41) is 10.3. The van der Waals surface area contributed by atoms with E-state index in [1.165, 1.54) is 6.07 Å². The average molecular weight is 309 g/mol. The van der Waals surface area contributed by atoms with E-state index in [2.05, 4.69) is 28.2 Å². The predicted molar refractivity (Wildman–Crippen MR) is 91.5 cm³/mol. The molecule has 0 aliphatic heterocycles. The van der Waals surface area contributed by atoms with E-state index in [1.807, 2.05) is 21.0 Å². The van der Waals surface area contributed by atoms with Gasteiger partial charge in [0.15, 0.2) is 5.75 Å². The molecule has 0 unspecified atom stereocenters. The average Bonchev–Trinajstić information content (AvgIpc) is 2.47. The van der Waals surface area contributed by atoms with Gasteiger partial charge in [0, 0.05) is 31.4 Å². The van der Waals surface area contributed by atoms with Crippen molar-refractivity contribution in [2.24, 2.45) is 0 Å². The number of aryl methyl sites for hydroxylation is 1. The van der Waals surface area contributed by atoms with E-state index < -0.39 is 0 Å². The topological polar surface area (TPSA) is 48.7 Å². The van der Waals surface area contributed by atoms with Crippen molar-refractivity contribution in [1.29, 1.82) is 0 Å². The fourth-order valence-electron chi connectivity index (χ4n) is 2.53. The Kier molecular flexibility index (Phi) is 7.62. The highest BCUT2D eigenvalue weighted by Crippen LogP contribution is 2.17. The van der Waals surface area contributed by atoms with Crippen LogP contribution in [0.4, 0.5) is 0 Å². The van der Waals surface area contributed by atoms with E-state index in [-0.39, 0.29) is 11.2 Å². The zero-order valence-corrected chi connectivity index (χ0v) is 14.7. The molecule has 1 heterocycles. The predicted octanol–water partition coefficient (Wildman–Crippen LogP) is 2.05. The van der Waals surface area contributed by atoms with E-state index in [4.69, 9.17) is 0 Å². The van der Waals surface area contributed by atoms with Crippen LogP contribution in [0.5, 0.6) is 5.75 Å². The SMILES string of the molecule is CCCCN(CC)Cc1c(O)c(=O)cc(C)n1CCN(C)C. The Morgan fingerprint density at radius 1 is 1.23 bits per heavy atom. The van der Waals surface area contributed by atoms with Gasteiger partial charge in [-0.2, -0.15) is 0 Å². The van der Waals surface area contributed by atoms with Crippen molar-refractivity contribution in [3.8, 4) is 5.75 Å². The van der Waals surface area contributed by atoms with Gasteiger partial charge in [-0.15, -0.1) is 0 Å². The summed E-state index contributed by atoms with van der Waals surface area (Å²) in [6.45, 7) is 10.4. The standard InChI is InChI=1S/C17H31N3O2/c1-6-8-9-19(7-2)13-15-17(22)16(21)12-14(3)20(15)11-10-18(4)5/h12,22H,6-11,13H2,1-5H3. The second-order valence-electron chi connectivity index (χ2n) is 6.12. The lowest BCUT2D eigenvalue weighted by Crippen LogP contribution is -2.29. The number of nitrogens with zero attached hydrogens (tertiary/aromatic N) is 3. The summed E-state index contributed by atoms with van der Waals surface area (Å²) in [6, 6.07) is 1.52. The Morgan fingerprint density at radius 3 is 2.45 bits per heavy atom. The molecule has 1 rings (SSSR count). The Morgan fingerprint density at radius 2 is 1.91 bits per heavy atom. The minimum atomic E-state index is -0.278. The van der Waals surface area contributed by atoms with Crippen molar-refractivity contribution in [3.05, 3.63) is 27.7 Å². The number of rotatable bonds is 9. The van der Waals surface area contributed by atoms with Gasteiger partial charge < -0.3 is 14.6 Å². The fraction of sp³-hybridized carbons (Fsp3) is 0.706. The first-order valence-electron chi connectivity index (χ1n) is 8.20. The smallest absolute Gasteiger partial charge is 0.223 e. The zero-order valence-electron chi connectivity index (χ0n) is 14.7. The van der Waals surface area contributed by atoms with E-state index in [1.54, 1.807) is 0 Å². The maximum Gasteiger partial charge on any atom is 0.223 e. The largest absolute Gasteiger partial charge is 0.503 e. The van der Waals surface area contributed by atoms with Gasteiger partial charge in [0.2, 0.25) is 5.43 Å². The van der Waals surface area contributed by atoms with Crippen LogP contribution in [0.3, 0.4) is 0 Å². The van der Waals surface area contributed by atoms with Crippen LogP contribution in [-0.4, -0.2) is 53.2 Å².